The standard InChI is InChI=1S/C17H26F2N2/c1-3-21(13-8-5-4-6-9-13)12-16(20-2)14-10-7-11-15(18)17(14)19/h7,10-11,13,16,20H,3-6,8-9,12H2,1-2H3. The molecule has 1 aromatic carbocycles. The minimum atomic E-state index is -0.770. The smallest absolute Gasteiger partial charge is 0.163 e. The van der Waals surface area contributed by atoms with Crippen LogP contribution in [0.2, 0.25) is 0 Å². The molecule has 0 spiro atoms. The van der Waals surface area contributed by atoms with E-state index in [0.29, 0.717) is 11.6 Å². The molecule has 2 rings (SSSR count). The van der Waals surface area contributed by atoms with E-state index in [1.165, 1.54) is 38.2 Å². The number of halogens is 2. The van der Waals surface area contributed by atoms with Crippen LogP contribution in [-0.4, -0.2) is 31.1 Å². The zero-order valence-corrected chi connectivity index (χ0v) is 13.0. The van der Waals surface area contributed by atoms with Gasteiger partial charge in [0.15, 0.2) is 11.6 Å². The third-order valence-corrected chi connectivity index (χ3v) is 4.62. The van der Waals surface area contributed by atoms with Crippen molar-refractivity contribution in [2.24, 2.45) is 0 Å². The number of hydrogen-bond donors (Lipinski definition) is 1. The van der Waals surface area contributed by atoms with Crippen LogP contribution in [0.4, 0.5) is 8.78 Å². The zero-order chi connectivity index (χ0) is 15.2. The Labute approximate surface area is 126 Å². The summed E-state index contributed by atoms with van der Waals surface area (Å²) in [5.41, 5.74) is 0.423. The van der Waals surface area contributed by atoms with Crippen LogP contribution >= 0.6 is 0 Å². The largest absolute Gasteiger partial charge is 0.312 e. The summed E-state index contributed by atoms with van der Waals surface area (Å²) in [6.07, 6.45) is 6.31. The lowest BCUT2D eigenvalue weighted by molar-refractivity contribution is 0.148. The summed E-state index contributed by atoms with van der Waals surface area (Å²) in [6, 6.07) is 4.83. The monoisotopic (exact) mass is 296 g/mol. The molecular weight excluding hydrogens is 270 g/mol. The minimum Gasteiger partial charge on any atom is -0.312 e. The van der Waals surface area contributed by atoms with Gasteiger partial charge in [0.05, 0.1) is 0 Å². The Balaban J connectivity index is 2.11. The van der Waals surface area contributed by atoms with Crippen LogP contribution < -0.4 is 5.32 Å². The molecule has 1 N–H and O–H groups in total. The van der Waals surface area contributed by atoms with Gasteiger partial charge in [0.2, 0.25) is 0 Å². The van der Waals surface area contributed by atoms with Crippen LogP contribution in [0.15, 0.2) is 18.2 Å². The van der Waals surface area contributed by atoms with Crippen LogP contribution in [0.3, 0.4) is 0 Å². The molecule has 1 unspecified atom stereocenters. The molecule has 0 aromatic heterocycles. The van der Waals surface area contributed by atoms with Crippen molar-refractivity contribution in [3.63, 3.8) is 0 Å². The highest BCUT2D eigenvalue weighted by atomic mass is 19.2. The highest BCUT2D eigenvalue weighted by Gasteiger charge is 2.24. The van der Waals surface area contributed by atoms with Crippen molar-refractivity contribution in [1.82, 2.24) is 10.2 Å². The van der Waals surface area contributed by atoms with Crippen molar-refractivity contribution in [3.05, 3.63) is 35.4 Å². The molecule has 1 aromatic rings. The van der Waals surface area contributed by atoms with Gasteiger partial charge in [-0.05, 0) is 32.5 Å². The number of rotatable bonds is 6. The summed E-state index contributed by atoms with van der Waals surface area (Å²) < 4.78 is 27.4. The molecule has 1 aliphatic carbocycles. The van der Waals surface area contributed by atoms with E-state index in [1.807, 2.05) is 7.05 Å². The van der Waals surface area contributed by atoms with E-state index < -0.39 is 11.6 Å². The number of benzene rings is 1. The Morgan fingerprint density at radius 3 is 2.57 bits per heavy atom. The van der Waals surface area contributed by atoms with Crippen molar-refractivity contribution in [2.45, 2.75) is 51.1 Å². The zero-order valence-electron chi connectivity index (χ0n) is 13.0. The van der Waals surface area contributed by atoms with Crippen molar-refractivity contribution < 1.29 is 8.78 Å². The van der Waals surface area contributed by atoms with Gasteiger partial charge in [0, 0.05) is 24.2 Å². The first-order valence-electron chi connectivity index (χ1n) is 8.02. The molecule has 21 heavy (non-hydrogen) atoms. The van der Waals surface area contributed by atoms with Crippen LogP contribution in [0.5, 0.6) is 0 Å². The molecule has 2 nitrogen and oxygen atoms in total. The molecule has 4 heteroatoms. The average Bonchev–Trinajstić information content (AvgIpc) is 2.53. The fourth-order valence-corrected chi connectivity index (χ4v) is 3.35. The number of likely N-dealkylation sites (N-methyl/N-ethyl adjacent to an activating group) is 2. The fraction of sp³-hybridized carbons (Fsp3) is 0.647. The van der Waals surface area contributed by atoms with E-state index in [-0.39, 0.29) is 6.04 Å². The normalized spacial score (nSPS) is 18.1. The van der Waals surface area contributed by atoms with Crippen molar-refractivity contribution >= 4 is 0 Å². The third kappa shape index (κ3) is 4.01. The van der Waals surface area contributed by atoms with Crippen molar-refractivity contribution in [2.75, 3.05) is 20.1 Å². The molecule has 1 saturated carbocycles. The second-order valence-corrected chi connectivity index (χ2v) is 5.86. The second kappa shape index (κ2) is 7.85. The molecule has 1 atom stereocenters. The first-order chi connectivity index (χ1) is 10.2. The maximum absolute atomic E-state index is 14.0. The molecule has 0 saturated heterocycles. The average molecular weight is 296 g/mol. The molecular formula is C17H26F2N2. The maximum atomic E-state index is 14.0. The highest BCUT2D eigenvalue weighted by molar-refractivity contribution is 5.23. The van der Waals surface area contributed by atoms with Crippen molar-refractivity contribution in [3.8, 4) is 0 Å². The summed E-state index contributed by atoms with van der Waals surface area (Å²) in [7, 11) is 1.81. The topological polar surface area (TPSA) is 15.3 Å². The van der Waals surface area contributed by atoms with Crippen LogP contribution in [-0.2, 0) is 0 Å². The lowest BCUT2D eigenvalue weighted by Crippen LogP contribution is -2.42. The van der Waals surface area contributed by atoms with Crippen LogP contribution in [0.1, 0.15) is 50.6 Å². The van der Waals surface area contributed by atoms with Gasteiger partial charge < -0.3 is 5.32 Å². The molecule has 0 radical (unpaired) electrons. The number of hydrogen-bond acceptors (Lipinski definition) is 2. The first-order valence-corrected chi connectivity index (χ1v) is 8.02. The summed E-state index contributed by atoms with van der Waals surface area (Å²) in [5, 5.41) is 3.14. The van der Waals surface area contributed by atoms with Gasteiger partial charge in [-0.3, -0.25) is 4.90 Å². The van der Waals surface area contributed by atoms with Gasteiger partial charge in [0.1, 0.15) is 0 Å². The SMILES string of the molecule is CCN(CC(NC)c1cccc(F)c1F)C1CCCCC1. The molecule has 0 aliphatic heterocycles. The van der Waals surface area contributed by atoms with Gasteiger partial charge in [-0.25, -0.2) is 8.78 Å². The van der Waals surface area contributed by atoms with E-state index in [4.69, 9.17) is 0 Å². The molecule has 0 amide bonds. The van der Waals surface area contributed by atoms with Gasteiger partial charge in [-0.1, -0.05) is 38.3 Å². The Bertz CT molecular complexity index is 444. The summed E-state index contributed by atoms with van der Waals surface area (Å²) in [4.78, 5) is 2.41. The fourth-order valence-electron chi connectivity index (χ4n) is 3.35. The van der Waals surface area contributed by atoms with Gasteiger partial charge in [-0.2, -0.15) is 0 Å². The van der Waals surface area contributed by atoms with Crippen LogP contribution in [0, 0.1) is 11.6 Å². The molecule has 1 fully saturated rings. The van der Waals surface area contributed by atoms with E-state index in [9.17, 15) is 8.78 Å². The summed E-state index contributed by atoms with van der Waals surface area (Å²) >= 11 is 0. The predicted molar refractivity (Wildman–Crippen MR) is 82.3 cm³/mol. The quantitative estimate of drug-likeness (QED) is 0.857. The summed E-state index contributed by atoms with van der Waals surface area (Å²) in [6.45, 7) is 3.81. The maximum Gasteiger partial charge on any atom is 0.163 e. The van der Waals surface area contributed by atoms with E-state index in [1.54, 1.807) is 12.1 Å². The molecule has 0 heterocycles. The van der Waals surface area contributed by atoms with E-state index >= 15 is 0 Å². The van der Waals surface area contributed by atoms with Gasteiger partial charge in [0.25, 0.3) is 0 Å². The Morgan fingerprint density at radius 1 is 1.24 bits per heavy atom. The predicted octanol–water partition coefficient (Wildman–Crippen LogP) is 3.88. The Morgan fingerprint density at radius 2 is 1.95 bits per heavy atom. The van der Waals surface area contributed by atoms with Gasteiger partial charge in [-0.15, -0.1) is 0 Å². The highest BCUT2D eigenvalue weighted by Crippen LogP contribution is 2.26. The number of nitrogens with zero attached hydrogens (tertiary/aromatic N) is 1. The summed E-state index contributed by atoms with van der Waals surface area (Å²) in [5.74, 6) is -1.50. The lowest BCUT2D eigenvalue weighted by Gasteiger charge is -2.36. The van der Waals surface area contributed by atoms with Gasteiger partial charge >= 0.3 is 0 Å². The second-order valence-electron chi connectivity index (χ2n) is 5.86. The molecule has 1 aliphatic rings. The van der Waals surface area contributed by atoms with Crippen molar-refractivity contribution in [1.29, 1.82) is 0 Å². The minimum absolute atomic E-state index is 0.178. The first kappa shape index (κ1) is 16.4. The lowest BCUT2D eigenvalue weighted by atomic mass is 9.93. The van der Waals surface area contributed by atoms with E-state index in [0.717, 1.165) is 13.1 Å². The molecule has 0 bridgehead atoms. The third-order valence-electron chi connectivity index (χ3n) is 4.62. The van der Waals surface area contributed by atoms with E-state index in [2.05, 4.69) is 17.1 Å². The molecule has 118 valence electrons. The van der Waals surface area contributed by atoms with Crippen LogP contribution in [0.25, 0.3) is 0 Å². The Hall–Kier alpha value is -1.00. The Kier molecular flexibility index (Phi) is 6.12. The number of nitrogens with one attached hydrogen (secondary N) is 1.